The molecule has 3 rings (SSSR count). The van der Waals surface area contributed by atoms with Gasteiger partial charge in [-0.3, -0.25) is 9.59 Å². The molecule has 2 N–H and O–H groups in total. The maximum Gasteiger partial charge on any atom is 0.329 e. The van der Waals surface area contributed by atoms with Crippen LogP contribution in [0.4, 0.5) is 0 Å². The fourth-order valence-corrected chi connectivity index (χ4v) is 5.16. The fraction of sp³-hybridized carbons (Fsp3) is 0.600. The molecule has 1 fully saturated rings. The first-order chi connectivity index (χ1) is 19.0. The number of nitrogens with one attached hydrogen (secondary N) is 1. The lowest BCUT2D eigenvalue weighted by atomic mass is 9.94. The molecular weight excluding hydrogens is 512 g/mol. The number of likely N-dealkylation sites (N-methyl/N-ethyl adjacent to an activating group) is 1. The van der Waals surface area contributed by atoms with E-state index in [9.17, 15) is 19.5 Å². The van der Waals surface area contributed by atoms with E-state index in [4.69, 9.17) is 9.15 Å². The Balaban J connectivity index is 1.89. The van der Waals surface area contributed by atoms with Crippen LogP contribution in [0, 0.1) is 11.8 Å². The lowest BCUT2D eigenvalue weighted by Crippen LogP contribution is -2.44. The van der Waals surface area contributed by atoms with Crippen molar-refractivity contribution in [2.24, 2.45) is 11.8 Å². The van der Waals surface area contributed by atoms with Gasteiger partial charge in [-0.2, -0.15) is 0 Å². The molecule has 2 amide bonds. The van der Waals surface area contributed by atoms with Crippen molar-refractivity contribution < 1.29 is 28.6 Å². The van der Waals surface area contributed by atoms with Crippen LogP contribution in [0.25, 0.3) is 0 Å². The SMILES string of the molecule is CC1=C\[C@@H](O)C[C@@H](N(C)C)Cc2nc(co2)C(=O)N2CCC[C@@H]2C(=O)O[C@H](C(C)C)[C@H](C)/C=C/C(=O)NC\C=C\1. The van der Waals surface area contributed by atoms with Gasteiger partial charge in [0.2, 0.25) is 5.91 Å². The van der Waals surface area contributed by atoms with Crippen LogP contribution in [0.3, 0.4) is 0 Å². The number of amides is 2. The molecule has 2 aliphatic rings. The summed E-state index contributed by atoms with van der Waals surface area (Å²) in [7, 11) is 3.83. The molecule has 0 saturated carbocycles. The summed E-state index contributed by atoms with van der Waals surface area (Å²) in [5.41, 5.74) is 1.02. The van der Waals surface area contributed by atoms with Crippen molar-refractivity contribution in [2.45, 2.75) is 77.7 Å². The molecule has 0 spiro atoms. The van der Waals surface area contributed by atoms with E-state index < -0.39 is 24.2 Å². The number of ether oxygens (including phenoxy) is 1. The van der Waals surface area contributed by atoms with Crippen LogP contribution < -0.4 is 5.32 Å². The van der Waals surface area contributed by atoms with Gasteiger partial charge in [0.15, 0.2) is 11.6 Å². The van der Waals surface area contributed by atoms with Crippen LogP contribution in [0.5, 0.6) is 0 Å². The van der Waals surface area contributed by atoms with Gasteiger partial charge in [-0.25, -0.2) is 9.78 Å². The number of esters is 1. The second-order valence-corrected chi connectivity index (χ2v) is 11.3. The zero-order valence-corrected chi connectivity index (χ0v) is 24.5. The van der Waals surface area contributed by atoms with Crippen molar-refractivity contribution >= 4 is 17.8 Å². The Labute approximate surface area is 237 Å². The Morgan fingerprint density at radius 1 is 1.20 bits per heavy atom. The number of aliphatic hydroxyl groups is 1. The molecule has 10 heteroatoms. The number of aromatic nitrogens is 1. The fourth-order valence-electron chi connectivity index (χ4n) is 5.16. The summed E-state index contributed by atoms with van der Waals surface area (Å²) in [6.07, 6.45) is 10.8. The van der Waals surface area contributed by atoms with Crippen molar-refractivity contribution in [2.75, 3.05) is 27.2 Å². The van der Waals surface area contributed by atoms with Gasteiger partial charge < -0.3 is 29.4 Å². The number of carbonyl (C=O) groups excluding carboxylic acids is 3. The normalized spacial score (nSPS) is 30.8. The van der Waals surface area contributed by atoms with Crippen molar-refractivity contribution in [3.63, 3.8) is 0 Å². The maximum atomic E-state index is 13.4. The van der Waals surface area contributed by atoms with E-state index >= 15 is 0 Å². The predicted octanol–water partition coefficient (Wildman–Crippen LogP) is 2.90. The second kappa shape index (κ2) is 14.4. The van der Waals surface area contributed by atoms with E-state index in [2.05, 4.69) is 10.3 Å². The van der Waals surface area contributed by atoms with Gasteiger partial charge in [0, 0.05) is 31.5 Å². The van der Waals surface area contributed by atoms with Gasteiger partial charge in [0.25, 0.3) is 5.91 Å². The lowest BCUT2D eigenvalue weighted by Gasteiger charge is -2.29. The molecule has 40 heavy (non-hydrogen) atoms. The number of hydrogen-bond donors (Lipinski definition) is 2. The van der Waals surface area contributed by atoms with Crippen LogP contribution in [0.1, 0.15) is 63.3 Å². The first-order valence-corrected chi connectivity index (χ1v) is 14.1. The molecule has 0 aliphatic carbocycles. The first kappa shape index (κ1) is 31.3. The number of fused-ring (bicyclic) bond motifs is 3. The molecule has 10 nitrogen and oxygen atoms in total. The molecular formula is C30H44N4O6. The lowest BCUT2D eigenvalue weighted by molar-refractivity contribution is -0.158. The van der Waals surface area contributed by atoms with E-state index in [1.54, 1.807) is 12.2 Å². The molecule has 0 unspecified atom stereocenters. The standard InChI is InChI=1S/C30H44N4O6/c1-19(2)28-21(4)11-12-26(36)31-13-7-9-20(3)15-23(35)16-22(33(5)6)17-27-32-24(18-39-27)29(37)34-14-8-10-25(34)30(38)40-28/h7,9,11-12,15,18-19,21-23,25,28,35H,8,10,13-14,16-17H2,1-6H3,(H,31,36)/b9-7+,12-11+,20-15+/t21-,22-,23-,25-,28-/m1/s1. The highest BCUT2D eigenvalue weighted by Crippen LogP contribution is 2.25. The number of oxazole rings is 1. The van der Waals surface area contributed by atoms with Crippen molar-refractivity contribution in [1.82, 2.24) is 20.1 Å². The number of cyclic esters (lactones) is 1. The van der Waals surface area contributed by atoms with E-state index in [0.717, 1.165) is 5.57 Å². The predicted molar refractivity (Wildman–Crippen MR) is 151 cm³/mol. The molecule has 0 aromatic carbocycles. The summed E-state index contributed by atoms with van der Waals surface area (Å²) in [4.78, 5) is 47.0. The quantitative estimate of drug-likeness (QED) is 0.533. The molecule has 5 atom stereocenters. The molecule has 220 valence electrons. The van der Waals surface area contributed by atoms with Gasteiger partial charge >= 0.3 is 5.97 Å². The van der Waals surface area contributed by atoms with E-state index in [-0.39, 0.29) is 35.4 Å². The maximum absolute atomic E-state index is 13.4. The number of hydrogen-bond acceptors (Lipinski definition) is 8. The Hall–Kier alpha value is -3.24. The first-order valence-electron chi connectivity index (χ1n) is 14.1. The Morgan fingerprint density at radius 3 is 2.65 bits per heavy atom. The molecule has 2 bridgehead atoms. The molecule has 1 saturated heterocycles. The summed E-state index contributed by atoms with van der Waals surface area (Å²) in [5, 5.41) is 13.5. The molecule has 3 heterocycles. The highest BCUT2D eigenvalue weighted by atomic mass is 16.5. The second-order valence-electron chi connectivity index (χ2n) is 11.3. The van der Waals surface area contributed by atoms with Gasteiger partial charge in [-0.05, 0) is 52.3 Å². The van der Waals surface area contributed by atoms with E-state index in [1.807, 2.05) is 58.8 Å². The average Bonchev–Trinajstić information content (AvgIpc) is 3.57. The van der Waals surface area contributed by atoms with Gasteiger partial charge in [0.1, 0.15) is 18.4 Å². The van der Waals surface area contributed by atoms with Gasteiger partial charge in [0.05, 0.1) is 6.10 Å². The highest BCUT2D eigenvalue weighted by molar-refractivity contribution is 5.95. The van der Waals surface area contributed by atoms with Crippen LogP contribution in [0.15, 0.2) is 46.6 Å². The largest absolute Gasteiger partial charge is 0.460 e. The Morgan fingerprint density at radius 2 is 1.95 bits per heavy atom. The van der Waals surface area contributed by atoms with Crippen molar-refractivity contribution in [1.29, 1.82) is 0 Å². The van der Waals surface area contributed by atoms with Gasteiger partial charge in [-0.1, -0.05) is 50.6 Å². The zero-order valence-electron chi connectivity index (χ0n) is 24.5. The number of rotatable bonds is 2. The summed E-state index contributed by atoms with van der Waals surface area (Å²) in [6, 6.07) is -0.803. The van der Waals surface area contributed by atoms with Crippen LogP contribution in [-0.2, 0) is 20.7 Å². The minimum absolute atomic E-state index is 0.00230. The molecule has 1 aromatic rings. The van der Waals surface area contributed by atoms with E-state index in [0.29, 0.717) is 44.7 Å². The zero-order chi connectivity index (χ0) is 29.4. The smallest absolute Gasteiger partial charge is 0.329 e. The topological polar surface area (TPSA) is 125 Å². The van der Waals surface area contributed by atoms with E-state index in [1.165, 1.54) is 17.2 Å². The van der Waals surface area contributed by atoms with Crippen LogP contribution in [0.2, 0.25) is 0 Å². The minimum atomic E-state index is -0.709. The summed E-state index contributed by atoms with van der Waals surface area (Å²) < 4.78 is 11.6. The third-order valence-electron chi connectivity index (χ3n) is 7.42. The number of allylic oxidation sites excluding steroid dienone is 2. The number of carbonyl (C=O) groups is 3. The van der Waals surface area contributed by atoms with Gasteiger partial charge in [-0.15, -0.1) is 0 Å². The Bertz CT molecular complexity index is 1120. The molecule has 1 aromatic heterocycles. The number of aliphatic hydroxyl groups excluding tert-OH is 1. The Kier molecular flexibility index (Phi) is 11.3. The summed E-state index contributed by atoms with van der Waals surface area (Å²) in [6.45, 7) is 8.47. The van der Waals surface area contributed by atoms with Crippen molar-refractivity contribution in [3.05, 3.63) is 53.8 Å². The number of nitrogens with zero attached hydrogens (tertiary/aromatic N) is 3. The average molecular weight is 557 g/mol. The third-order valence-corrected chi connectivity index (χ3v) is 7.42. The van der Waals surface area contributed by atoms with Crippen LogP contribution in [-0.4, -0.2) is 89.2 Å². The van der Waals surface area contributed by atoms with Crippen LogP contribution >= 0.6 is 0 Å². The monoisotopic (exact) mass is 556 g/mol. The molecule has 2 aliphatic heterocycles. The summed E-state index contributed by atoms with van der Waals surface area (Å²) in [5.74, 6) is -0.896. The molecule has 0 radical (unpaired) electrons. The summed E-state index contributed by atoms with van der Waals surface area (Å²) >= 11 is 0. The van der Waals surface area contributed by atoms with Crippen molar-refractivity contribution in [3.8, 4) is 0 Å². The highest BCUT2D eigenvalue weighted by Gasteiger charge is 2.38. The third kappa shape index (κ3) is 8.63. The minimum Gasteiger partial charge on any atom is -0.460 e.